The van der Waals surface area contributed by atoms with Crippen molar-refractivity contribution >= 4 is 0 Å². The molecule has 1 aromatic heterocycles. The van der Waals surface area contributed by atoms with Gasteiger partial charge in [-0.05, 0) is 43.5 Å². The Hall–Kier alpha value is -1.74. The number of hydrogen-bond acceptors (Lipinski definition) is 2. The van der Waals surface area contributed by atoms with Crippen LogP contribution in [0.25, 0.3) is 0 Å². The molecule has 0 bridgehead atoms. The lowest BCUT2D eigenvalue weighted by Gasteiger charge is -2.22. The molecule has 0 fully saturated rings. The first-order valence-corrected chi connectivity index (χ1v) is 7.06. The molecule has 1 aromatic carbocycles. The second-order valence-electron chi connectivity index (χ2n) is 5.25. The molecule has 2 rings (SSSR count). The van der Waals surface area contributed by atoms with E-state index in [0.717, 1.165) is 17.7 Å². The van der Waals surface area contributed by atoms with Gasteiger partial charge < -0.3 is 5.32 Å². The van der Waals surface area contributed by atoms with Gasteiger partial charge in [0, 0.05) is 6.04 Å². The maximum absolute atomic E-state index is 13.1. The largest absolute Gasteiger partial charge is 0.303 e. The Morgan fingerprint density at radius 1 is 1.20 bits per heavy atom. The third-order valence-electron chi connectivity index (χ3n) is 3.24. The van der Waals surface area contributed by atoms with Crippen LogP contribution in [0.5, 0.6) is 0 Å². The molecule has 2 nitrogen and oxygen atoms in total. The minimum atomic E-state index is -0.306. The Labute approximate surface area is 120 Å². The van der Waals surface area contributed by atoms with Crippen molar-refractivity contribution in [3.63, 3.8) is 0 Å². The van der Waals surface area contributed by atoms with E-state index in [-0.39, 0.29) is 11.9 Å². The Morgan fingerprint density at radius 3 is 2.60 bits per heavy atom. The number of aryl methyl sites for hydroxylation is 1. The number of halogens is 1. The quantitative estimate of drug-likeness (QED) is 0.893. The molecule has 0 aliphatic rings. The molecular formula is C17H21FN2. The van der Waals surface area contributed by atoms with Gasteiger partial charge in [-0.2, -0.15) is 0 Å². The van der Waals surface area contributed by atoms with Gasteiger partial charge in [0.15, 0.2) is 0 Å². The van der Waals surface area contributed by atoms with E-state index in [0.29, 0.717) is 6.04 Å². The summed E-state index contributed by atoms with van der Waals surface area (Å²) < 4.78 is 13.1. The lowest BCUT2D eigenvalue weighted by molar-refractivity contribution is 0.517. The smallest absolute Gasteiger partial charge is 0.141 e. The zero-order chi connectivity index (χ0) is 14.5. The van der Waals surface area contributed by atoms with E-state index in [1.807, 2.05) is 0 Å². The van der Waals surface area contributed by atoms with Gasteiger partial charge in [-0.15, -0.1) is 0 Å². The van der Waals surface area contributed by atoms with Crippen molar-refractivity contribution in [1.29, 1.82) is 0 Å². The molecule has 1 atom stereocenters. The van der Waals surface area contributed by atoms with Gasteiger partial charge >= 0.3 is 0 Å². The van der Waals surface area contributed by atoms with Crippen molar-refractivity contribution in [3.8, 4) is 0 Å². The Kier molecular flexibility index (Phi) is 4.85. The highest BCUT2D eigenvalue weighted by atomic mass is 19.1. The number of benzene rings is 1. The van der Waals surface area contributed by atoms with Crippen LogP contribution in [0.2, 0.25) is 0 Å². The third kappa shape index (κ3) is 3.64. The average Bonchev–Trinajstić information content (AvgIpc) is 2.46. The molecule has 20 heavy (non-hydrogen) atoms. The Morgan fingerprint density at radius 2 is 2.00 bits per heavy atom. The highest BCUT2D eigenvalue weighted by Crippen LogP contribution is 2.22. The molecular weight excluding hydrogens is 251 g/mol. The van der Waals surface area contributed by atoms with Crippen LogP contribution >= 0.6 is 0 Å². The Balaban J connectivity index is 2.38. The number of hydrogen-bond donors (Lipinski definition) is 1. The van der Waals surface area contributed by atoms with Crippen LogP contribution in [0.1, 0.15) is 43.6 Å². The number of pyridine rings is 1. The van der Waals surface area contributed by atoms with E-state index in [1.165, 1.54) is 17.8 Å². The molecule has 106 valence electrons. The van der Waals surface area contributed by atoms with Gasteiger partial charge in [0.25, 0.3) is 0 Å². The minimum absolute atomic E-state index is 0.0119. The van der Waals surface area contributed by atoms with E-state index in [4.69, 9.17) is 0 Å². The summed E-state index contributed by atoms with van der Waals surface area (Å²) in [5, 5.41) is 3.50. The first-order chi connectivity index (χ1) is 9.60. The third-order valence-corrected chi connectivity index (χ3v) is 3.24. The van der Waals surface area contributed by atoms with Crippen LogP contribution in [0.4, 0.5) is 4.39 Å². The van der Waals surface area contributed by atoms with Crippen LogP contribution < -0.4 is 5.32 Å². The lowest BCUT2D eigenvalue weighted by Crippen LogP contribution is -2.29. The predicted octanol–water partition coefficient (Wildman–Crippen LogP) is 3.87. The average molecular weight is 272 g/mol. The van der Waals surface area contributed by atoms with Gasteiger partial charge in [-0.1, -0.05) is 31.2 Å². The summed E-state index contributed by atoms with van der Waals surface area (Å²) in [5.74, 6) is -0.306. The summed E-state index contributed by atoms with van der Waals surface area (Å²) in [6.45, 7) is 6.33. The monoisotopic (exact) mass is 272 g/mol. The predicted molar refractivity (Wildman–Crippen MR) is 80.1 cm³/mol. The van der Waals surface area contributed by atoms with E-state index < -0.39 is 0 Å². The van der Waals surface area contributed by atoms with E-state index >= 15 is 0 Å². The number of rotatable bonds is 5. The zero-order valence-electron chi connectivity index (χ0n) is 12.2. The molecule has 2 aromatic rings. The summed E-state index contributed by atoms with van der Waals surface area (Å²) in [6.07, 6.45) is 2.27. The Bertz CT molecular complexity index is 549. The van der Waals surface area contributed by atoms with E-state index in [1.54, 1.807) is 6.07 Å². The molecule has 0 saturated carbocycles. The molecule has 0 amide bonds. The summed E-state index contributed by atoms with van der Waals surface area (Å²) in [4.78, 5) is 4.23. The lowest BCUT2D eigenvalue weighted by atomic mass is 9.99. The molecule has 1 N–H and O–H groups in total. The number of nitrogens with one attached hydrogen (secondary N) is 1. The highest BCUT2D eigenvalue weighted by Gasteiger charge is 2.16. The molecule has 0 spiro atoms. The second-order valence-corrected chi connectivity index (χ2v) is 5.25. The van der Waals surface area contributed by atoms with E-state index in [2.05, 4.69) is 55.3 Å². The molecule has 0 aliphatic heterocycles. The summed E-state index contributed by atoms with van der Waals surface area (Å²) in [6, 6.07) is 12.0. The van der Waals surface area contributed by atoms with E-state index in [9.17, 15) is 4.39 Å². The van der Waals surface area contributed by atoms with Crippen molar-refractivity contribution in [2.75, 3.05) is 0 Å². The van der Waals surface area contributed by atoms with Gasteiger partial charge in [-0.25, -0.2) is 4.39 Å². The fourth-order valence-corrected chi connectivity index (χ4v) is 2.24. The van der Waals surface area contributed by atoms with Crippen LogP contribution in [0.15, 0.2) is 42.6 Å². The maximum Gasteiger partial charge on any atom is 0.141 e. The SMILES string of the molecule is CCc1cccc(C(NC(C)C)c2ccc(F)cn2)c1. The first kappa shape index (κ1) is 14.7. The summed E-state index contributed by atoms with van der Waals surface area (Å²) in [7, 11) is 0. The van der Waals surface area contributed by atoms with Crippen molar-refractivity contribution in [2.24, 2.45) is 0 Å². The first-order valence-electron chi connectivity index (χ1n) is 7.06. The number of aromatic nitrogens is 1. The highest BCUT2D eigenvalue weighted by molar-refractivity contribution is 5.31. The van der Waals surface area contributed by atoms with Crippen molar-refractivity contribution < 1.29 is 4.39 Å². The normalized spacial score (nSPS) is 12.7. The van der Waals surface area contributed by atoms with Crippen LogP contribution in [-0.2, 0) is 6.42 Å². The molecule has 0 saturated heterocycles. The van der Waals surface area contributed by atoms with Crippen LogP contribution in [-0.4, -0.2) is 11.0 Å². The standard InChI is InChI=1S/C17H21FN2/c1-4-13-6-5-7-14(10-13)17(20-12(2)3)16-9-8-15(18)11-19-16/h5-12,17,20H,4H2,1-3H3. The van der Waals surface area contributed by atoms with Gasteiger partial charge in [0.05, 0.1) is 17.9 Å². The van der Waals surface area contributed by atoms with Crippen LogP contribution in [0.3, 0.4) is 0 Å². The molecule has 1 unspecified atom stereocenters. The molecule has 3 heteroatoms. The van der Waals surface area contributed by atoms with Gasteiger partial charge in [0.1, 0.15) is 5.82 Å². The number of nitrogens with zero attached hydrogens (tertiary/aromatic N) is 1. The molecule has 1 heterocycles. The molecule has 0 radical (unpaired) electrons. The zero-order valence-corrected chi connectivity index (χ0v) is 12.2. The topological polar surface area (TPSA) is 24.9 Å². The second kappa shape index (κ2) is 6.62. The van der Waals surface area contributed by atoms with Crippen LogP contribution in [0, 0.1) is 5.82 Å². The fraction of sp³-hybridized carbons (Fsp3) is 0.353. The van der Waals surface area contributed by atoms with Gasteiger partial charge in [-0.3, -0.25) is 4.98 Å². The minimum Gasteiger partial charge on any atom is -0.303 e. The van der Waals surface area contributed by atoms with Crippen molar-refractivity contribution in [3.05, 3.63) is 65.2 Å². The van der Waals surface area contributed by atoms with Crippen molar-refractivity contribution in [2.45, 2.75) is 39.3 Å². The summed E-state index contributed by atoms with van der Waals surface area (Å²) in [5.41, 5.74) is 3.30. The fourth-order valence-electron chi connectivity index (χ4n) is 2.24. The summed E-state index contributed by atoms with van der Waals surface area (Å²) >= 11 is 0. The maximum atomic E-state index is 13.1. The van der Waals surface area contributed by atoms with Gasteiger partial charge in [0.2, 0.25) is 0 Å². The van der Waals surface area contributed by atoms with Crippen molar-refractivity contribution in [1.82, 2.24) is 10.3 Å². The molecule has 0 aliphatic carbocycles.